The molecule has 1 aliphatic heterocycles. The number of hydrogen-bond donors (Lipinski definition) is 0. The Kier molecular flexibility index (Phi) is 8.04. The van der Waals surface area contributed by atoms with Crippen molar-refractivity contribution in [2.24, 2.45) is 5.92 Å². The fraction of sp³-hybridized carbons (Fsp3) is 0.480. The summed E-state index contributed by atoms with van der Waals surface area (Å²) in [5, 5.41) is 0. The molecule has 2 aromatic rings. The third kappa shape index (κ3) is 6.28. The normalized spacial score (nSPS) is 18.9. The molecule has 3 rings (SSSR count). The van der Waals surface area contributed by atoms with Gasteiger partial charge in [-0.25, -0.2) is 4.39 Å². The van der Waals surface area contributed by atoms with E-state index < -0.39 is 0 Å². The monoisotopic (exact) mass is 427 g/mol. The molecule has 168 valence electrons. The highest BCUT2D eigenvalue weighted by atomic mass is 19.1. The maximum absolute atomic E-state index is 14.0. The number of rotatable bonds is 9. The van der Waals surface area contributed by atoms with Gasteiger partial charge in [0.15, 0.2) is 0 Å². The summed E-state index contributed by atoms with van der Waals surface area (Å²) in [5.41, 5.74) is 3.44. The van der Waals surface area contributed by atoms with Gasteiger partial charge in [-0.05, 0) is 41.3 Å². The molecule has 0 spiro atoms. The number of halogens is 1. The molecule has 2 aromatic carbocycles. The molecule has 31 heavy (non-hydrogen) atoms. The first-order valence-electron chi connectivity index (χ1n) is 10.9. The zero-order valence-electron chi connectivity index (χ0n) is 19.1. The lowest BCUT2D eigenvalue weighted by Gasteiger charge is -2.27. The number of amides is 1. The van der Waals surface area contributed by atoms with Crippen LogP contribution < -0.4 is 4.90 Å². The maximum atomic E-state index is 14.0. The number of likely N-dealkylation sites (tertiary alicyclic amines) is 1. The summed E-state index contributed by atoms with van der Waals surface area (Å²) in [5.74, 6) is 0.259. The molecule has 6 heteroatoms. The smallest absolute Gasteiger partial charge is 0.219 e. The highest BCUT2D eigenvalue weighted by Gasteiger charge is 2.35. The molecular weight excluding hydrogens is 393 g/mol. The van der Waals surface area contributed by atoms with Crippen LogP contribution in [0.5, 0.6) is 0 Å². The summed E-state index contributed by atoms with van der Waals surface area (Å²) < 4.78 is 19.1. The van der Waals surface area contributed by atoms with Crippen LogP contribution in [0.15, 0.2) is 48.5 Å². The number of carbonyl (C=O) groups is 1. The Morgan fingerprint density at radius 1 is 1.16 bits per heavy atom. The Morgan fingerprint density at radius 2 is 1.90 bits per heavy atom. The zero-order valence-corrected chi connectivity index (χ0v) is 19.1. The minimum Gasteiger partial charge on any atom is -0.383 e. The van der Waals surface area contributed by atoms with Gasteiger partial charge in [0.05, 0.1) is 6.61 Å². The van der Waals surface area contributed by atoms with Crippen molar-refractivity contribution in [3.63, 3.8) is 0 Å². The number of hydrogen-bond acceptors (Lipinski definition) is 4. The second-order valence-corrected chi connectivity index (χ2v) is 8.63. The summed E-state index contributed by atoms with van der Waals surface area (Å²) >= 11 is 0. The Hall–Kier alpha value is -2.44. The van der Waals surface area contributed by atoms with E-state index in [2.05, 4.69) is 34.1 Å². The second kappa shape index (κ2) is 10.7. The summed E-state index contributed by atoms with van der Waals surface area (Å²) in [7, 11) is 5.72. The van der Waals surface area contributed by atoms with Crippen molar-refractivity contribution in [1.29, 1.82) is 0 Å². The Labute approximate surface area is 185 Å². The minimum absolute atomic E-state index is 0.0489. The fourth-order valence-electron chi connectivity index (χ4n) is 4.41. The van der Waals surface area contributed by atoms with Gasteiger partial charge in [-0.3, -0.25) is 9.69 Å². The molecule has 0 saturated carbocycles. The zero-order chi connectivity index (χ0) is 22.4. The van der Waals surface area contributed by atoms with Crippen LogP contribution in [0.4, 0.5) is 10.1 Å². The first-order valence-corrected chi connectivity index (χ1v) is 10.9. The van der Waals surface area contributed by atoms with Crippen LogP contribution in [0.3, 0.4) is 0 Å². The molecule has 1 aliphatic rings. The largest absolute Gasteiger partial charge is 0.383 e. The minimum atomic E-state index is -0.211. The first kappa shape index (κ1) is 23.2. The number of nitrogens with zero attached hydrogens (tertiary/aromatic N) is 3. The maximum Gasteiger partial charge on any atom is 0.219 e. The van der Waals surface area contributed by atoms with E-state index in [1.807, 2.05) is 25.1 Å². The molecule has 1 amide bonds. The lowest BCUT2D eigenvalue weighted by molar-refractivity contribution is -0.130. The standard InChI is InChI=1S/C25H34FN3O2/c1-19(30)29(12-13-31-4)17-22-16-28(15-20-8-10-24(11-9-20)27(2)3)18-25(22)21-6-5-7-23(26)14-21/h5-11,14,22,25H,12-13,15-18H2,1-4H3. The molecule has 0 aromatic heterocycles. The number of methoxy groups -OCH3 is 1. The van der Waals surface area contributed by atoms with Gasteiger partial charge in [-0.15, -0.1) is 0 Å². The Bertz CT molecular complexity index is 856. The van der Waals surface area contributed by atoms with E-state index in [4.69, 9.17) is 4.74 Å². The number of anilines is 1. The predicted molar refractivity (Wildman–Crippen MR) is 123 cm³/mol. The molecule has 0 bridgehead atoms. The average Bonchev–Trinajstić information content (AvgIpc) is 3.13. The van der Waals surface area contributed by atoms with E-state index in [0.717, 1.165) is 25.2 Å². The average molecular weight is 428 g/mol. The van der Waals surface area contributed by atoms with E-state index >= 15 is 0 Å². The predicted octanol–water partition coefficient (Wildman–Crippen LogP) is 3.60. The van der Waals surface area contributed by atoms with Crippen LogP contribution >= 0.6 is 0 Å². The molecule has 5 nitrogen and oxygen atoms in total. The SMILES string of the molecule is COCCN(CC1CN(Cc2ccc(N(C)C)cc2)CC1c1cccc(F)c1)C(C)=O. The van der Waals surface area contributed by atoms with E-state index in [-0.39, 0.29) is 23.6 Å². The summed E-state index contributed by atoms with van der Waals surface area (Å²) in [6.07, 6.45) is 0. The molecule has 0 aliphatic carbocycles. The molecule has 1 saturated heterocycles. The topological polar surface area (TPSA) is 36.0 Å². The Balaban J connectivity index is 1.76. The lowest BCUT2D eigenvalue weighted by atomic mass is 9.88. The van der Waals surface area contributed by atoms with Crippen molar-refractivity contribution in [1.82, 2.24) is 9.80 Å². The molecule has 1 fully saturated rings. The molecule has 2 atom stereocenters. The Morgan fingerprint density at radius 3 is 2.52 bits per heavy atom. The summed E-state index contributed by atoms with van der Waals surface area (Å²) in [6.45, 7) is 5.89. The first-order chi connectivity index (χ1) is 14.9. The van der Waals surface area contributed by atoms with Crippen molar-refractivity contribution in [2.75, 3.05) is 58.9 Å². The van der Waals surface area contributed by atoms with E-state index in [9.17, 15) is 9.18 Å². The third-order valence-corrected chi connectivity index (χ3v) is 6.12. The van der Waals surface area contributed by atoms with Gasteiger partial charge in [0.2, 0.25) is 5.91 Å². The van der Waals surface area contributed by atoms with Crippen LogP contribution in [-0.2, 0) is 16.1 Å². The van der Waals surface area contributed by atoms with Crippen LogP contribution in [0.25, 0.3) is 0 Å². The van der Waals surface area contributed by atoms with Crippen molar-refractivity contribution in [3.8, 4) is 0 Å². The van der Waals surface area contributed by atoms with Crippen molar-refractivity contribution in [2.45, 2.75) is 19.4 Å². The van der Waals surface area contributed by atoms with E-state index in [0.29, 0.717) is 19.7 Å². The molecule has 0 radical (unpaired) electrons. The summed E-state index contributed by atoms with van der Waals surface area (Å²) in [4.78, 5) is 18.5. The lowest BCUT2D eigenvalue weighted by Crippen LogP contribution is -2.38. The molecule has 1 heterocycles. The van der Waals surface area contributed by atoms with Gasteiger partial charge in [-0.1, -0.05) is 24.3 Å². The van der Waals surface area contributed by atoms with Crippen molar-refractivity contribution < 1.29 is 13.9 Å². The molecule has 2 unspecified atom stereocenters. The van der Waals surface area contributed by atoms with Gasteiger partial charge in [0.1, 0.15) is 5.82 Å². The molecule has 0 N–H and O–H groups in total. The van der Waals surface area contributed by atoms with Crippen LogP contribution in [0, 0.1) is 11.7 Å². The number of ether oxygens (including phenoxy) is 1. The van der Waals surface area contributed by atoms with Crippen LogP contribution in [0.1, 0.15) is 24.0 Å². The van der Waals surface area contributed by atoms with Crippen molar-refractivity contribution in [3.05, 3.63) is 65.5 Å². The molecular formula is C25H34FN3O2. The van der Waals surface area contributed by atoms with Gasteiger partial charge in [0, 0.05) is 72.5 Å². The van der Waals surface area contributed by atoms with E-state index in [1.54, 1.807) is 26.2 Å². The van der Waals surface area contributed by atoms with Crippen molar-refractivity contribution >= 4 is 11.6 Å². The highest BCUT2D eigenvalue weighted by molar-refractivity contribution is 5.73. The van der Waals surface area contributed by atoms with Gasteiger partial charge in [-0.2, -0.15) is 0 Å². The van der Waals surface area contributed by atoms with Gasteiger partial charge >= 0.3 is 0 Å². The number of benzene rings is 2. The van der Waals surface area contributed by atoms with Crippen LogP contribution in [-0.4, -0.2) is 69.7 Å². The number of carbonyl (C=O) groups excluding carboxylic acids is 1. The quantitative estimate of drug-likeness (QED) is 0.613. The van der Waals surface area contributed by atoms with Crippen LogP contribution in [0.2, 0.25) is 0 Å². The second-order valence-electron chi connectivity index (χ2n) is 8.63. The summed E-state index contributed by atoms with van der Waals surface area (Å²) in [6, 6.07) is 15.5. The van der Waals surface area contributed by atoms with Gasteiger partial charge in [0.25, 0.3) is 0 Å². The van der Waals surface area contributed by atoms with E-state index in [1.165, 1.54) is 17.3 Å². The fourth-order valence-corrected chi connectivity index (χ4v) is 4.41. The highest BCUT2D eigenvalue weighted by Crippen LogP contribution is 2.34. The third-order valence-electron chi connectivity index (χ3n) is 6.12. The van der Waals surface area contributed by atoms with Gasteiger partial charge < -0.3 is 14.5 Å².